The molecule has 2 aromatic rings. The van der Waals surface area contributed by atoms with E-state index in [1.807, 2.05) is 30.3 Å². The Bertz CT molecular complexity index is 828. The molecule has 0 saturated carbocycles. The molecule has 2 aliphatic rings. The average Bonchev–Trinajstić information content (AvgIpc) is 2.67. The summed E-state index contributed by atoms with van der Waals surface area (Å²) >= 11 is 6.12. The second kappa shape index (κ2) is 7.29. The first-order valence-electron chi connectivity index (χ1n) is 9.13. The van der Waals surface area contributed by atoms with Crippen molar-refractivity contribution in [2.24, 2.45) is 10.4 Å². The van der Waals surface area contributed by atoms with Crippen molar-refractivity contribution < 1.29 is 4.74 Å². The van der Waals surface area contributed by atoms with Gasteiger partial charge in [0.2, 0.25) is 0 Å². The first kappa shape index (κ1) is 17.4. The fourth-order valence-corrected chi connectivity index (χ4v) is 4.28. The lowest BCUT2D eigenvalue weighted by atomic mass is 9.70. The van der Waals surface area contributed by atoms with Crippen LogP contribution in [-0.2, 0) is 13.0 Å². The number of halogens is 1. The van der Waals surface area contributed by atoms with Crippen LogP contribution in [0.1, 0.15) is 24.0 Å². The summed E-state index contributed by atoms with van der Waals surface area (Å²) in [5.41, 5.74) is 3.55. The van der Waals surface area contributed by atoms with Crippen LogP contribution < -0.4 is 15.4 Å². The van der Waals surface area contributed by atoms with Crippen molar-refractivity contribution in [3.63, 3.8) is 0 Å². The summed E-state index contributed by atoms with van der Waals surface area (Å²) in [7, 11) is 1.74. The summed E-state index contributed by atoms with van der Waals surface area (Å²) in [6.07, 6.45) is 3.12. The van der Waals surface area contributed by atoms with Gasteiger partial charge in [0.25, 0.3) is 0 Å². The van der Waals surface area contributed by atoms with E-state index >= 15 is 0 Å². The van der Waals surface area contributed by atoms with Gasteiger partial charge in [0.05, 0.1) is 13.7 Å². The van der Waals surface area contributed by atoms with Crippen LogP contribution in [0.15, 0.2) is 47.5 Å². The van der Waals surface area contributed by atoms with E-state index in [0.717, 1.165) is 60.2 Å². The third-order valence-corrected chi connectivity index (χ3v) is 5.73. The van der Waals surface area contributed by atoms with Crippen LogP contribution in [0.5, 0.6) is 5.75 Å². The van der Waals surface area contributed by atoms with E-state index in [-0.39, 0.29) is 5.41 Å². The van der Waals surface area contributed by atoms with Crippen LogP contribution in [0.3, 0.4) is 0 Å². The molecule has 0 aliphatic carbocycles. The number of fused-ring (bicyclic) bond motifs is 1. The van der Waals surface area contributed by atoms with Gasteiger partial charge in [-0.1, -0.05) is 29.8 Å². The first-order chi connectivity index (χ1) is 12.7. The largest absolute Gasteiger partial charge is 0.496 e. The van der Waals surface area contributed by atoms with Gasteiger partial charge in [0.15, 0.2) is 0 Å². The van der Waals surface area contributed by atoms with Crippen LogP contribution in [0.4, 0.5) is 5.69 Å². The number of nitrogens with zero attached hydrogens (tertiary/aromatic N) is 1. The maximum Gasteiger partial charge on any atom is 0.124 e. The predicted octanol–water partition coefficient (Wildman–Crippen LogP) is 4.29. The van der Waals surface area contributed by atoms with Gasteiger partial charge in [0.1, 0.15) is 11.6 Å². The molecule has 1 saturated heterocycles. The van der Waals surface area contributed by atoms with Crippen molar-refractivity contribution >= 4 is 23.1 Å². The van der Waals surface area contributed by atoms with E-state index in [2.05, 4.69) is 22.8 Å². The highest BCUT2D eigenvalue weighted by Crippen LogP contribution is 2.44. The Morgan fingerprint density at radius 1 is 1.15 bits per heavy atom. The number of rotatable bonds is 3. The molecule has 136 valence electrons. The zero-order valence-electron chi connectivity index (χ0n) is 15.0. The molecule has 0 bridgehead atoms. The van der Waals surface area contributed by atoms with Gasteiger partial charge < -0.3 is 15.4 Å². The minimum absolute atomic E-state index is 0.0471. The lowest BCUT2D eigenvalue weighted by Gasteiger charge is -2.43. The minimum atomic E-state index is 0.0471. The number of hydrogen-bond donors (Lipinski definition) is 2. The molecule has 2 heterocycles. The summed E-state index contributed by atoms with van der Waals surface area (Å²) in [4.78, 5) is 5.00. The van der Waals surface area contributed by atoms with Crippen LogP contribution in [0.2, 0.25) is 5.02 Å². The topological polar surface area (TPSA) is 45.6 Å². The number of ether oxygens (including phenoxy) is 1. The Morgan fingerprint density at radius 2 is 1.96 bits per heavy atom. The van der Waals surface area contributed by atoms with Gasteiger partial charge >= 0.3 is 0 Å². The van der Waals surface area contributed by atoms with Crippen LogP contribution in [0, 0.1) is 5.41 Å². The van der Waals surface area contributed by atoms with Gasteiger partial charge in [0, 0.05) is 21.7 Å². The molecule has 4 rings (SSSR count). The van der Waals surface area contributed by atoms with Crippen molar-refractivity contribution in [1.82, 2.24) is 5.32 Å². The number of anilines is 1. The Kier molecular flexibility index (Phi) is 4.88. The molecule has 2 N–H and O–H groups in total. The summed E-state index contributed by atoms with van der Waals surface area (Å²) in [5, 5.41) is 7.86. The monoisotopic (exact) mass is 369 g/mol. The molecule has 1 fully saturated rings. The number of hydrogen-bond acceptors (Lipinski definition) is 3. The fourth-order valence-electron chi connectivity index (χ4n) is 4.07. The quantitative estimate of drug-likeness (QED) is 0.848. The second-order valence-electron chi connectivity index (χ2n) is 7.11. The highest BCUT2D eigenvalue weighted by atomic mass is 35.5. The molecular formula is C21H24ClN3O. The Labute approximate surface area is 159 Å². The maximum atomic E-state index is 6.12. The van der Waals surface area contributed by atoms with Gasteiger partial charge in [-0.3, -0.25) is 4.99 Å². The smallest absolute Gasteiger partial charge is 0.124 e. The highest BCUT2D eigenvalue weighted by molar-refractivity contribution is 6.30. The Morgan fingerprint density at radius 3 is 2.73 bits per heavy atom. The molecule has 5 heteroatoms. The van der Waals surface area contributed by atoms with E-state index < -0.39 is 0 Å². The molecule has 2 aromatic carbocycles. The van der Waals surface area contributed by atoms with Gasteiger partial charge in [-0.05, 0) is 62.2 Å². The van der Waals surface area contributed by atoms with E-state index in [4.69, 9.17) is 21.3 Å². The number of nitrogens with one attached hydrogen (secondary N) is 2. The predicted molar refractivity (Wildman–Crippen MR) is 107 cm³/mol. The molecule has 0 aromatic heterocycles. The normalized spacial score (nSPS) is 19.8. The summed E-state index contributed by atoms with van der Waals surface area (Å²) < 4.78 is 5.61. The molecule has 0 atom stereocenters. The van der Waals surface area contributed by atoms with Crippen molar-refractivity contribution in [3.8, 4) is 5.75 Å². The third kappa shape index (κ3) is 3.31. The minimum Gasteiger partial charge on any atom is -0.496 e. The summed E-state index contributed by atoms with van der Waals surface area (Å²) in [6, 6.07) is 14.1. The van der Waals surface area contributed by atoms with Crippen molar-refractivity contribution in [2.45, 2.75) is 25.8 Å². The van der Waals surface area contributed by atoms with Gasteiger partial charge in [-0.2, -0.15) is 0 Å². The number of methoxy groups -OCH3 is 1. The van der Waals surface area contributed by atoms with Gasteiger partial charge in [-0.15, -0.1) is 0 Å². The SMILES string of the molecule is COc1cccc2c1CC1(CCNCC1)C(=NCc1cccc(Cl)c1)N2. The molecule has 26 heavy (non-hydrogen) atoms. The van der Waals surface area contributed by atoms with Gasteiger partial charge in [-0.25, -0.2) is 0 Å². The van der Waals surface area contributed by atoms with Crippen molar-refractivity contribution in [2.75, 3.05) is 25.5 Å². The zero-order chi connectivity index (χ0) is 18.0. The number of amidine groups is 1. The molecular weight excluding hydrogens is 346 g/mol. The average molecular weight is 370 g/mol. The standard InChI is InChI=1S/C21H24ClN3O/c1-26-19-7-3-6-18-17(19)13-21(8-10-23-11-9-21)20(25-18)24-14-15-4-2-5-16(22)12-15/h2-7,12,23H,8-11,13-14H2,1H3,(H,24,25). The van der Waals surface area contributed by atoms with E-state index in [9.17, 15) is 0 Å². The highest BCUT2D eigenvalue weighted by Gasteiger charge is 2.42. The number of aliphatic imine (C=N–C) groups is 1. The Hall–Kier alpha value is -2.04. The van der Waals surface area contributed by atoms with E-state index in [1.54, 1.807) is 7.11 Å². The van der Waals surface area contributed by atoms with Crippen LogP contribution in [0.25, 0.3) is 0 Å². The fraction of sp³-hybridized carbons (Fsp3) is 0.381. The molecule has 4 nitrogen and oxygen atoms in total. The molecule has 2 aliphatic heterocycles. The van der Waals surface area contributed by atoms with E-state index in [1.165, 1.54) is 5.56 Å². The molecule has 0 unspecified atom stereocenters. The van der Waals surface area contributed by atoms with Crippen LogP contribution in [-0.4, -0.2) is 26.0 Å². The molecule has 0 amide bonds. The molecule has 1 spiro atoms. The second-order valence-corrected chi connectivity index (χ2v) is 7.55. The lowest BCUT2D eigenvalue weighted by Crippen LogP contribution is -2.48. The first-order valence-corrected chi connectivity index (χ1v) is 9.51. The van der Waals surface area contributed by atoms with Crippen LogP contribution >= 0.6 is 11.6 Å². The number of piperidine rings is 1. The van der Waals surface area contributed by atoms with E-state index in [0.29, 0.717) is 6.54 Å². The Balaban J connectivity index is 1.70. The molecule has 0 radical (unpaired) electrons. The third-order valence-electron chi connectivity index (χ3n) is 5.49. The summed E-state index contributed by atoms with van der Waals surface area (Å²) in [5.74, 6) is 2.06. The zero-order valence-corrected chi connectivity index (χ0v) is 15.8. The van der Waals surface area contributed by atoms with Crippen molar-refractivity contribution in [1.29, 1.82) is 0 Å². The number of benzene rings is 2. The lowest BCUT2D eigenvalue weighted by molar-refractivity contribution is 0.288. The van der Waals surface area contributed by atoms with Crippen molar-refractivity contribution in [3.05, 3.63) is 58.6 Å². The maximum absolute atomic E-state index is 6.12. The summed E-state index contributed by atoms with van der Waals surface area (Å²) in [6.45, 7) is 2.67.